The SMILES string of the molecule is C[C@@](O)(CO)CCCCCCl. The van der Waals surface area contributed by atoms with Crippen molar-refractivity contribution >= 4 is 11.6 Å². The second kappa shape index (κ2) is 5.81. The van der Waals surface area contributed by atoms with Gasteiger partial charge in [0.25, 0.3) is 0 Å². The van der Waals surface area contributed by atoms with Crippen LogP contribution >= 0.6 is 11.6 Å². The molecule has 0 radical (unpaired) electrons. The molecular formula is C8H17ClO2. The van der Waals surface area contributed by atoms with Crippen molar-refractivity contribution in [2.75, 3.05) is 12.5 Å². The van der Waals surface area contributed by atoms with Gasteiger partial charge in [0, 0.05) is 5.88 Å². The summed E-state index contributed by atoms with van der Waals surface area (Å²) >= 11 is 5.47. The average molecular weight is 181 g/mol. The number of aliphatic hydroxyl groups is 2. The minimum Gasteiger partial charge on any atom is -0.393 e. The molecule has 0 saturated carbocycles. The van der Waals surface area contributed by atoms with E-state index in [4.69, 9.17) is 16.7 Å². The smallest absolute Gasteiger partial charge is 0.0849 e. The maximum absolute atomic E-state index is 9.34. The highest BCUT2D eigenvalue weighted by Gasteiger charge is 2.17. The van der Waals surface area contributed by atoms with E-state index in [-0.39, 0.29) is 6.61 Å². The van der Waals surface area contributed by atoms with E-state index in [9.17, 15) is 5.11 Å². The molecule has 0 spiro atoms. The van der Waals surface area contributed by atoms with Crippen LogP contribution < -0.4 is 0 Å². The van der Waals surface area contributed by atoms with Crippen molar-refractivity contribution in [3.05, 3.63) is 0 Å². The summed E-state index contributed by atoms with van der Waals surface area (Å²) in [5.74, 6) is 0.682. The van der Waals surface area contributed by atoms with Crippen LogP contribution in [-0.2, 0) is 0 Å². The molecule has 1 atom stereocenters. The highest BCUT2D eigenvalue weighted by atomic mass is 35.5. The van der Waals surface area contributed by atoms with E-state index in [0.717, 1.165) is 19.3 Å². The number of aliphatic hydroxyl groups excluding tert-OH is 1. The molecule has 0 aliphatic rings. The molecule has 68 valence electrons. The Hall–Kier alpha value is 0.210. The van der Waals surface area contributed by atoms with E-state index in [1.165, 1.54) is 0 Å². The van der Waals surface area contributed by atoms with E-state index in [0.29, 0.717) is 12.3 Å². The van der Waals surface area contributed by atoms with Gasteiger partial charge in [0.05, 0.1) is 12.2 Å². The summed E-state index contributed by atoms with van der Waals surface area (Å²) in [5, 5.41) is 18.0. The van der Waals surface area contributed by atoms with E-state index < -0.39 is 5.60 Å². The number of hydrogen-bond donors (Lipinski definition) is 2. The summed E-state index contributed by atoms with van der Waals surface area (Å²) in [7, 11) is 0. The Bertz CT molecular complexity index is 94.1. The molecule has 3 heteroatoms. The zero-order valence-corrected chi connectivity index (χ0v) is 7.77. The lowest BCUT2D eigenvalue weighted by molar-refractivity contribution is -0.00685. The van der Waals surface area contributed by atoms with Gasteiger partial charge < -0.3 is 10.2 Å². The van der Waals surface area contributed by atoms with Crippen LogP contribution in [0.5, 0.6) is 0 Å². The first kappa shape index (κ1) is 11.2. The highest BCUT2D eigenvalue weighted by molar-refractivity contribution is 6.17. The normalized spacial score (nSPS) is 16.4. The van der Waals surface area contributed by atoms with Gasteiger partial charge in [-0.25, -0.2) is 0 Å². The number of alkyl halides is 1. The lowest BCUT2D eigenvalue weighted by atomic mass is 10.00. The molecule has 0 unspecified atom stereocenters. The van der Waals surface area contributed by atoms with Gasteiger partial charge in [0.1, 0.15) is 0 Å². The Balaban J connectivity index is 3.23. The van der Waals surface area contributed by atoms with Gasteiger partial charge >= 0.3 is 0 Å². The summed E-state index contributed by atoms with van der Waals surface area (Å²) < 4.78 is 0. The third-order valence-corrected chi connectivity index (χ3v) is 1.96. The maximum Gasteiger partial charge on any atom is 0.0849 e. The zero-order valence-electron chi connectivity index (χ0n) is 7.02. The fourth-order valence-corrected chi connectivity index (χ4v) is 1.05. The van der Waals surface area contributed by atoms with Gasteiger partial charge in [0.15, 0.2) is 0 Å². The second-order valence-corrected chi connectivity index (χ2v) is 3.53. The molecule has 0 heterocycles. The van der Waals surface area contributed by atoms with Crippen molar-refractivity contribution in [1.29, 1.82) is 0 Å². The monoisotopic (exact) mass is 180 g/mol. The Morgan fingerprint density at radius 3 is 2.36 bits per heavy atom. The molecule has 0 aromatic rings. The summed E-state index contributed by atoms with van der Waals surface area (Å²) in [5.41, 5.74) is -0.897. The first-order valence-corrected chi connectivity index (χ1v) is 4.55. The molecule has 2 N–H and O–H groups in total. The minimum absolute atomic E-state index is 0.159. The lowest BCUT2D eigenvalue weighted by Gasteiger charge is -2.19. The van der Waals surface area contributed by atoms with Gasteiger partial charge in [-0.05, 0) is 19.8 Å². The molecule has 0 bridgehead atoms. The van der Waals surface area contributed by atoms with Crippen molar-refractivity contribution < 1.29 is 10.2 Å². The van der Waals surface area contributed by atoms with E-state index in [1.54, 1.807) is 6.92 Å². The van der Waals surface area contributed by atoms with E-state index in [1.807, 2.05) is 0 Å². The Morgan fingerprint density at radius 2 is 1.91 bits per heavy atom. The van der Waals surface area contributed by atoms with Gasteiger partial charge in [-0.15, -0.1) is 11.6 Å². The molecule has 0 aromatic heterocycles. The van der Waals surface area contributed by atoms with Crippen LogP contribution in [0.15, 0.2) is 0 Å². The molecule has 0 aliphatic carbocycles. The highest BCUT2D eigenvalue weighted by Crippen LogP contribution is 2.13. The maximum atomic E-state index is 9.34. The molecule has 0 fully saturated rings. The van der Waals surface area contributed by atoms with Crippen LogP contribution in [0.4, 0.5) is 0 Å². The summed E-state index contributed by atoms with van der Waals surface area (Å²) in [6.07, 6.45) is 3.60. The fraction of sp³-hybridized carbons (Fsp3) is 1.00. The van der Waals surface area contributed by atoms with Gasteiger partial charge in [-0.2, -0.15) is 0 Å². The van der Waals surface area contributed by atoms with Crippen LogP contribution in [0.3, 0.4) is 0 Å². The third kappa shape index (κ3) is 6.60. The molecule has 0 saturated heterocycles. The van der Waals surface area contributed by atoms with Gasteiger partial charge in [-0.3, -0.25) is 0 Å². The van der Waals surface area contributed by atoms with Crippen LogP contribution in [0.1, 0.15) is 32.6 Å². The lowest BCUT2D eigenvalue weighted by Crippen LogP contribution is -2.28. The van der Waals surface area contributed by atoms with E-state index >= 15 is 0 Å². The first-order chi connectivity index (χ1) is 5.12. The van der Waals surface area contributed by atoms with Crippen molar-refractivity contribution in [1.82, 2.24) is 0 Å². The van der Waals surface area contributed by atoms with Crippen molar-refractivity contribution in [2.24, 2.45) is 0 Å². The topological polar surface area (TPSA) is 40.5 Å². The van der Waals surface area contributed by atoms with Crippen molar-refractivity contribution in [3.8, 4) is 0 Å². The molecule has 0 aliphatic heterocycles. The van der Waals surface area contributed by atoms with Crippen LogP contribution in [-0.4, -0.2) is 28.3 Å². The van der Waals surface area contributed by atoms with Crippen LogP contribution in [0.2, 0.25) is 0 Å². The number of hydrogen-bond acceptors (Lipinski definition) is 2. The molecular weight excluding hydrogens is 164 g/mol. The van der Waals surface area contributed by atoms with Gasteiger partial charge in [-0.1, -0.05) is 12.8 Å². The minimum atomic E-state index is -0.897. The predicted molar refractivity (Wildman–Crippen MR) is 46.9 cm³/mol. The van der Waals surface area contributed by atoms with Crippen LogP contribution in [0.25, 0.3) is 0 Å². The standard InChI is InChI=1S/C8H17ClO2/c1-8(11,7-10)5-3-2-4-6-9/h10-11H,2-7H2,1H3/t8-/m0/s1. The quantitative estimate of drug-likeness (QED) is 0.481. The van der Waals surface area contributed by atoms with Crippen molar-refractivity contribution in [3.63, 3.8) is 0 Å². The molecule has 11 heavy (non-hydrogen) atoms. The van der Waals surface area contributed by atoms with E-state index in [2.05, 4.69) is 0 Å². The molecule has 0 aromatic carbocycles. The molecule has 0 amide bonds. The summed E-state index contributed by atoms with van der Waals surface area (Å²) in [6, 6.07) is 0. The summed E-state index contributed by atoms with van der Waals surface area (Å²) in [4.78, 5) is 0. The average Bonchev–Trinajstić information content (AvgIpc) is 1.99. The summed E-state index contributed by atoms with van der Waals surface area (Å²) in [6.45, 7) is 1.49. The number of unbranched alkanes of at least 4 members (excludes halogenated alkanes) is 2. The van der Waals surface area contributed by atoms with Gasteiger partial charge in [0.2, 0.25) is 0 Å². The Labute approximate surface area is 73.2 Å². The number of halogens is 1. The Morgan fingerprint density at radius 1 is 1.27 bits per heavy atom. The van der Waals surface area contributed by atoms with Crippen molar-refractivity contribution in [2.45, 2.75) is 38.2 Å². The molecule has 2 nitrogen and oxygen atoms in total. The first-order valence-electron chi connectivity index (χ1n) is 4.01. The zero-order chi connectivity index (χ0) is 8.74. The molecule has 0 rings (SSSR count). The fourth-order valence-electron chi connectivity index (χ4n) is 0.856. The predicted octanol–water partition coefficient (Wildman–Crippen LogP) is 1.53. The Kier molecular flexibility index (Phi) is 5.92. The number of rotatable bonds is 6. The second-order valence-electron chi connectivity index (χ2n) is 3.15. The van der Waals surface area contributed by atoms with Crippen LogP contribution in [0, 0.1) is 0 Å². The largest absolute Gasteiger partial charge is 0.393 e. The third-order valence-electron chi connectivity index (χ3n) is 1.69.